The molecule has 1 N–H and O–H groups in total. The number of hydrogen-bond acceptors (Lipinski definition) is 3. The van der Waals surface area contributed by atoms with Crippen LogP contribution in [0.2, 0.25) is 0 Å². The lowest BCUT2D eigenvalue weighted by Gasteiger charge is -2.39. The molecule has 1 aromatic heterocycles. The first-order chi connectivity index (χ1) is 8.13. The standard InChI is InChI=1S/C13H20N2OS/c1-13(14-2)5-7-15(8-6-13)12(16)10-11-4-3-9-17-11/h3-4,9,14H,5-8,10H2,1-2H3. The Kier molecular flexibility index (Phi) is 3.84. The van der Waals surface area contributed by atoms with Gasteiger partial charge in [0.05, 0.1) is 6.42 Å². The Morgan fingerprint density at radius 1 is 1.53 bits per heavy atom. The van der Waals surface area contributed by atoms with Gasteiger partial charge in [-0.2, -0.15) is 0 Å². The third kappa shape index (κ3) is 3.07. The molecule has 0 saturated carbocycles. The summed E-state index contributed by atoms with van der Waals surface area (Å²) < 4.78 is 0. The lowest BCUT2D eigenvalue weighted by molar-refractivity contribution is -0.132. The van der Waals surface area contributed by atoms with Crippen LogP contribution in [0, 0.1) is 0 Å². The van der Waals surface area contributed by atoms with Crippen molar-refractivity contribution in [1.29, 1.82) is 0 Å². The smallest absolute Gasteiger partial charge is 0.227 e. The molecule has 1 amide bonds. The van der Waals surface area contributed by atoms with Crippen molar-refractivity contribution in [3.05, 3.63) is 22.4 Å². The van der Waals surface area contributed by atoms with E-state index in [0.717, 1.165) is 30.8 Å². The lowest BCUT2D eigenvalue weighted by Crippen LogP contribution is -2.51. The van der Waals surface area contributed by atoms with E-state index in [-0.39, 0.29) is 11.4 Å². The third-order valence-corrected chi connectivity index (χ3v) is 4.61. The van der Waals surface area contributed by atoms with Crippen molar-refractivity contribution in [3.8, 4) is 0 Å². The topological polar surface area (TPSA) is 32.3 Å². The van der Waals surface area contributed by atoms with E-state index in [9.17, 15) is 4.79 Å². The van der Waals surface area contributed by atoms with Gasteiger partial charge in [0.15, 0.2) is 0 Å². The molecule has 0 atom stereocenters. The summed E-state index contributed by atoms with van der Waals surface area (Å²) in [5, 5.41) is 5.37. The van der Waals surface area contributed by atoms with Gasteiger partial charge in [0.2, 0.25) is 5.91 Å². The number of hydrogen-bond donors (Lipinski definition) is 1. The maximum atomic E-state index is 12.1. The van der Waals surface area contributed by atoms with Crippen LogP contribution in [0.3, 0.4) is 0 Å². The molecule has 2 heterocycles. The molecular weight excluding hydrogens is 232 g/mol. The fourth-order valence-corrected chi connectivity index (χ4v) is 2.87. The van der Waals surface area contributed by atoms with Crippen molar-refractivity contribution in [3.63, 3.8) is 0 Å². The van der Waals surface area contributed by atoms with Gasteiger partial charge in [0, 0.05) is 23.5 Å². The highest BCUT2D eigenvalue weighted by molar-refractivity contribution is 7.10. The molecule has 1 aliphatic heterocycles. The number of rotatable bonds is 3. The van der Waals surface area contributed by atoms with Gasteiger partial charge < -0.3 is 10.2 Å². The number of thiophene rings is 1. The summed E-state index contributed by atoms with van der Waals surface area (Å²) >= 11 is 1.66. The molecule has 4 heteroatoms. The van der Waals surface area contributed by atoms with Gasteiger partial charge >= 0.3 is 0 Å². The van der Waals surface area contributed by atoms with Crippen LogP contribution < -0.4 is 5.32 Å². The van der Waals surface area contributed by atoms with Crippen molar-refractivity contribution in [1.82, 2.24) is 10.2 Å². The third-order valence-electron chi connectivity index (χ3n) is 3.73. The highest BCUT2D eigenvalue weighted by atomic mass is 32.1. The van der Waals surface area contributed by atoms with E-state index in [1.165, 1.54) is 0 Å². The second kappa shape index (κ2) is 5.19. The van der Waals surface area contributed by atoms with Gasteiger partial charge in [-0.25, -0.2) is 0 Å². The predicted molar refractivity (Wildman–Crippen MR) is 71.3 cm³/mol. The maximum absolute atomic E-state index is 12.1. The zero-order valence-electron chi connectivity index (χ0n) is 10.5. The zero-order chi connectivity index (χ0) is 12.3. The number of nitrogens with one attached hydrogen (secondary N) is 1. The van der Waals surface area contributed by atoms with Crippen LogP contribution in [0.25, 0.3) is 0 Å². The van der Waals surface area contributed by atoms with E-state index in [1.54, 1.807) is 11.3 Å². The minimum atomic E-state index is 0.208. The normalized spacial score (nSPS) is 19.3. The first-order valence-corrected chi connectivity index (χ1v) is 7.00. The lowest BCUT2D eigenvalue weighted by atomic mass is 9.90. The number of amides is 1. The quantitative estimate of drug-likeness (QED) is 0.891. The molecule has 0 unspecified atom stereocenters. The van der Waals surface area contributed by atoms with Crippen LogP contribution in [0.1, 0.15) is 24.6 Å². The summed E-state index contributed by atoms with van der Waals surface area (Å²) in [4.78, 5) is 15.2. The SMILES string of the molecule is CNC1(C)CCN(C(=O)Cc2cccs2)CC1. The van der Waals surface area contributed by atoms with E-state index in [1.807, 2.05) is 29.5 Å². The van der Waals surface area contributed by atoms with Crippen molar-refractivity contribution < 1.29 is 4.79 Å². The summed E-state index contributed by atoms with van der Waals surface area (Å²) in [6, 6.07) is 4.03. The molecule has 0 spiro atoms. The van der Waals surface area contributed by atoms with E-state index >= 15 is 0 Å². The molecule has 1 fully saturated rings. The van der Waals surface area contributed by atoms with Crippen LogP contribution in [0.4, 0.5) is 0 Å². The molecular formula is C13H20N2OS. The van der Waals surface area contributed by atoms with Crippen LogP contribution in [0.15, 0.2) is 17.5 Å². The Hall–Kier alpha value is -0.870. The van der Waals surface area contributed by atoms with Crippen LogP contribution >= 0.6 is 11.3 Å². The average Bonchev–Trinajstić information content (AvgIpc) is 2.83. The van der Waals surface area contributed by atoms with Crippen LogP contribution in [0.5, 0.6) is 0 Å². The van der Waals surface area contributed by atoms with Gasteiger partial charge in [-0.1, -0.05) is 6.07 Å². The molecule has 1 saturated heterocycles. The van der Waals surface area contributed by atoms with Crippen LogP contribution in [-0.4, -0.2) is 36.5 Å². The summed E-state index contributed by atoms with van der Waals surface area (Å²) in [6.07, 6.45) is 2.65. The Morgan fingerprint density at radius 3 is 2.76 bits per heavy atom. The van der Waals surface area contributed by atoms with Crippen molar-refractivity contribution in [2.45, 2.75) is 31.7 Å². The Bertz CT molecular complexity index is 367. The Morgan fingerprint density at radius 2 is 2.24 bits per heavy atom. The minimum absolute atomic E-state index is 0.208. The summed E-state index contributed by atoms with van der Waals surface area (Å²) in [5.74, 6) is 0.269. The highest BCUT2D eigenvalue weighted by Gasteiger charge is 2.30. The molecule has 0 bridgehead atoms. The number of carbonyl (C=O) groups is 1. The van der Waals surface area contributed by atoms with Gasteiger partial charge in [0.25, 0.3) is 0 Å². The largest absolute Gasteiger partial charge is 0.342 e. The summed E-state index contributed by atoms with van der Waals surface area (Å²) in [7, 11) is 2.00. The molecule has 0 radical (unpaired) electrons. The molecule has 94 valence electrons. The van der Waals surface area contributed by atoms with Crippen molar-refractivity contribution >= 4 is 17.2 Å². The fraction of sp³-hybridized carbons (Fsp3) is 0.615. The zero-order valence-corrected chi connectivity index (χ0v) is 11.3. The molecule has 17 heavy (non-hydrogen) atoms. The monoisotopic (exact) mass is 252 g/mol. The summed E-state index contributed by atoms with van der Waals surface area (Å²) in [6.45, 7) is 3.98. The molecule has 2 rings (SSSR count). The van der Waals surface area contributed by atoms with Gasteiger partial charge in [-0.15, -0.1) is 11.3 Å². The Labute approximate surface area is 107 Å². The van der Waals surface area contributed by atoms with E-state index < -0.39 is 0 Å². The highest BCUT2D eigenvalue weighted by Crippen LogP contribution is 2.22. The second-order valence-electron chi connectivity index (χ2n) is 4.95. The molecule has 1 aliphatic rings. The first kappa shape index (κ1) is 12.6. The van der Waals surface area contributed by atoms with Crippen LogP contribution in [-0.2, 0) is 11.2 Å². The van der Waals surface area contributed by atoms with Gasteiger partial charge in [-0.3, -0.25) is 4.79 Å². The molecule has 0 aliphatic carbocycles. The van der Waals surface area contributed by atoms with E-state index in [0.29, 0.717) is 6.42 Å². The first-order valence-electron chi connectivity index (χ1n) is 6.12. The van der Waals surface area contributed by atoms with Gasteiger partial charge in [0.1, 0.15) is 0 Å². The Balaban J connectivity index is 1.86. The minimum Gasteiger partial charge on any atom is -0.342 e. The number of likely N-dealkylation sites (tertiary alicyclic amines) is 1. The number of piperidine rings is 1. The van der Waals surface area contributed by atoms with E-state index in [4.69, 9.17) is 0 Å². The fourth-order valence-electron chi connectivity index (χ4n) is 2.17. The maximum Gasteiger partial charge on any atom is 0.227 e. The second-order valence-corrected chi connectivity index (χ2v) is 5.98. The molecule has 0 aromatic carbocycles. The molecule has 3 nitrogen and oxygen atoms in total. The number of carbonyl (C=O) groups excluding carboxylic acids is 1. The number of nitrogens with zero attached hydrogens (tertiary/aromatic N) is 1. The molecule has 1 aromatic rings. The average molecular weight is 252 g/mol. The van der Waals surface area contributed by atoms with E-state index in [2.05, 4.69) is 12.2 Å². The van der Waals surface area contributed by atoms with Crippen molar-refractivity contribution in [2.75, 3.05) is 20.1 Å². The van der Waals surface area contributed by atoms with Crippen molar-refractivity contribution in [2.24, 2.45) is 0 Å². The van der Waals surface area contributed by atoms with Gasteiger partial charge in [-0.05, 0) is 38.3 Å². The predicted octanol–water partition coefficient (Wildman–Crippen LogP) is 1.89. The summed E-state index contributed by atoms with van der Waals surface area (Å²) in [5.41, 5.74) is 0.208.